The number of hydrogen-bond donors (Lipinski definition) is 1. The van der Waals surface area contributed by atoms with Gasteiger partial charge in [-0.3, -0.25) is 9.69 Å². The van der Waals surface area contributed by atoms with Crippen LogP contribution >= 0.6 is 0 Å². The SMILES string of the molecule is O=C(NCC1CCN([C@@H]2CCOC2)CC1)[C@H]1COc2ccccc2O1. The molecule has 2 atom stereocenters. The van der Waals surface area contributed by atoms with Crippen molar-refractivity contribution in [1.82, 2.24) is 10.2 Å². The minimum absolute atomic E-state index is 0.0823. The van der Waals surface area contributed by atoms with Crippen molar-refractivity contribution in [2.75, 3.05) is 39.5 Å². The van der Waals surface area contributed by atoms with Gasteiger partial charge in [0.05, 0.1) is 6.61 Å². The molecule has 0 saturated carbocycles. The Kier molecular flexibility index (Phi) is 5.08. The molecule has 3 aliphatic heterocycles. The third-order valence-electron chi connectivity index (χ3n) is 5.44. The van der Waals surface area contributed by atoms with Crippen LogP contribution in [0.2, 0.25) is 0 Å². The fraction of sp³-hybridized carbons (Fsp3) is 0.632. The van der Waals surface area contributed by atoms with E-state index in [0.29, 0.717) is 23.5 Å². The molecule has 0 unspecified atom stereocenters. The molecular formula is C19H26N2O4. The zero-order chi connectivity index (χ0) is 17.1. The van der Waals surface area contributed by atoms with E-state index >= 15 is 0 Å². The Balaban J connectivity index is 1.21. The maximum atomic E-state index is 12.4. The zero-order valence-electron chi connectivity index (χ0n) is 14.5. The first-order valence-electron chi connectivity index (χ1n) is 9.27. The van der Waals surface area contributed by atoms with Crippen LogP contribution in [0, 0.1) is 5.92 Å². The Morgan fingerprint density at radius 2 is 1.92 bits per heavy atom. The number of nitrogens with zero attached hydrogens (tertiary/aromatic N) is 1. The molecule has 1 aromatic carbocycles. The summed E-state index contributed by atoms with van der Waals surface area (Å²) in [7, 11) is 0. The minimum atomic E-state index is -0.564. The average molecular weight is 346 g/mol. The second kappa shape index (κ2) is 7.62. The molecule has 136 valence electrons. The molecule has 1 aromatic rings. The first kappa shape index (κ1) is 16.7. The number of piperidine rings is 1. The molecule has 3 aliphatic rings. The molecule has 3 heterocycles. The minimum Gasteiger partial charge on any atom is -0.485 e. The molecule has 4 rings (SSSR count). The standard InChI is InChI=1S/C19H26N2O4/c22-19(18-13-24-16-3-1-2-4-17(16)25-18)20-11-14-5-8-21(9-6-14)15-7-10-23-12-15/h1-4,14-15,18H,5-13H2,(H,20,22)/t15-,18-/m1/s1. The number of likely N-dealkylation sites (tertiary alicyclic amines) is 1. The highest BCUT2D eigenvalue weighted by atomic mass is 16.6. The normalized spacial score (nSPS) is 27.2. The van der Waals surface area contributed by atoms with Gasteiger partial charge in [-0.25, -0.2) is 0 Å². The van der Waals surface area contributed by atoms with Crippen LogP contribution in [0.1, 0.15) is 19.3 Å². The monoisotopic (exact) mass is 346 g/mol. The van der Waals surface area contributed by atoms with Crippen molar-refractivity contribution in [3.63, 3.8) is 0 Å². The molecule has 2 saturated heterocycles. The largest absolute Gasteiger partial charge is 0.485 e. The van der Waals surface area contributed by atoms with Crippen LogP contribution in [-0.2, 0) is 9.53 Å². The molecule has 6 heteroatoms. The highest BCUT2D eigenvalue weighted by Crippen LogP contribution is 2.31. The lowest BCUT2D eigenvalue weighted by molar-refractivity contribution is -0.130. The Morgan fingerprint density at radius 1 is 1.12 bits per heavy atom. The summed E-state index contributed by atoms with van der Waals surface area (Å²) in [6.45, 7) is 4.96. The molecule has 0 radical (unpaired) electrons. The number of hydrogen-bond acceptors (Lipinski definition) is 5. The van der Waals surface area contributed by atoms with Crippen LogP contribution < -0.4 is 14.8 Å². The number of carbonyl (C=O) groups is 1. The van der Waals surface area contributed by atoms with Crippen molar-refractivity contribution < 1.29 is 19.0 Å². The van der Waals surface area contributed by atoms with Gasteiger partial charge in [-0.2, -0.15) is 0 Å². The number of carbonyl (C=O) groups excluding carboxylic acids is 1. The lowest BCUT2D eigenvalue weighted by atomic mass is 9.95. The third-order valence-corrected chi connectivity index (χ3v) is 5.44. The van der Waals surface area contributed by atoms with Gasteiger partial charge in [0.2, 0.25) is 6.10 Å². The van der Waals surface area contributed by atoms with Crippen molar-refractivity contribution in [2.45, 2.75) is 31.4 Å². The molecule has 1 N–H and O–H groups in total. The Labute approximate surface area is 148 Å². The second-order valence-corrected chi connectivity index (χ2v) is 7.11. The number of para-hydroxylation sites is 2. The molecule has 0 aliphatic carbocycles. The number of fused-ring (bicyclic) bond motifs is 1. The van der Waals surface area contributed by atoms with E-state index in [1.807, 2.05) is 24.3 Å². The summed E-state index contributed by atoms with van der Waals surface area (Å²) in [4.78, 5) is 14.9. The van der Waals surface area contributed by atoms with Crippen molar-refractivity contribution in [3.8, 4) is 11.5 Å². The lowest BCUT2D eigenvalue weighted by Crippen LogP contribution is -2.47. The van der Waals surface area contributed by atoms with Gasteiger partial charge >= 0.3 is 0 Å². The fourth-order valence-electron chi connectivity index (χ4n) is 3.84. The van der Waals surface area contributed by atoms with E-state index in [1.54, 1.807) is 0 Å². The molecule has 0 bridgehead atoms. The summed E-state index contributed by atoms with van der Waals surface area (Å²) in [5.74, 6) is 1.80. The van der Waals surface area contributed by atoms with Crippen LogP contribution in [0.5, 0.6) is 11.5 Å². The molecule has 1 amide bonds. The summed E-state index contributed by atoms with van der Waals surface area (Å²) in [6, 6.07) is 8.06. The van der Waals surface area contributed by atoms with Crippen LogP contribution in [-0.4, -0.2) is 62.4 Å². The van der Waals surface area contributed by atoms with Gasteiger partial charge in [-0.15, -0.1) is 0 Å². The lowest BCUT2D eigenvalue weighted by Gasteiger charge is -2.35. The first-order valence-corrected chi connectivity index (χ1v) is 9.27. The van der Waals surface area contributed by atoms with E-state index in [2.05, 4.69) is 10.2 Å². The van der Waals surface area contributed by atoms with Crippen LogP contribution in [0.4, 0.5) is 0 Å². The zero-order valence-corrected chi connectivity index (χ0v) is 14.5. The second-order valence-electron chi connectivity index (χ2n) is 7.11. The average Bonchev–Trinajstić information content (AvgIpc) is 3.21. The van der Waals surface area contributed by atoms with Gasteiger partial charge in [0, 0.05) is 19.2 Å². The maximum absolute atomic E-state index is 12.4. The Bertz CT molecular complexity index is 595. The van der Waals surface area contributed by atoms with Gasteiger partial charge in [-0.1, -0.05) is 12.1 Å². The fourth-order valence-corrected chi connectivity index (χ4v) is 3.84. The number of benzene rings is 1. The predicted molar refractivity (Wildman–Crippen MR) is 92.9 cm³/mol. The van der Waals surface area contributed by atoms with E-state index in [1.165, 1.54) is 0 Å². The van der Waals surface area contributed by atoms with E-state index < -0.39 is 6.10 Å². The number of rotatable bonds is 4. The van der Waals surface area contributed by atoms with Gasteiger partial charge in [-0.05, 0) is 50.4 Å². The van der Waals surface area contributed by atoms with E-state index in [0.717, 1.165) is 52.1 Å². The summed E-state index contributed by atoms with van der Waals surface area (Å²) in [5, 5.41) is 3.05. The highest BCUT2D eigenvalue weighted by molar-refractivity contribution is 5.81. The van der Waals surface area contributed by atoms with Gasteiger partial charge in [0.15, 0.2) is 11.5 Å². The number of nitrogens with one attached hydrogen (secondary N) is 1. The number of amides is 1. The summed E-state index contributed by atoms with van der Waals surface area (Å²) >= 11 is 0. The topological polar surface area (TPSA) is 60.0 Å². The third kappa shape index (κ3) is 3.90. The van der Waals surface area contributed by atoms with Gasteiger partial charge in [0.25, 0.3) is 5.91 Å². The highest BCUT2D eigenvalue weighted by Gasteiger charge is 2.30. The molecule has 25 heavy (non-hydrogen) atoms. The molecular weight excluding hydrogens is 320 g/mol. The van der Waals surface area contributed by atoms with E-state index in [9.17, 15) is 4.79 Å². The Morgan fingerprint density at radius 3 is 2.68 bits per heavy atom. The smallest absolute Gasteiger partial charge is 0.264 e. The number of ether oxygens (including phenoxy) is 3. The van der Waals surface area contributed by atoms with E-state index in [4.69, 9.17) is 14.2 Å². The molecule has 0 aromatic heterocycles. The van der Waals surface area contributed by atoms with Gasteiger partial charge in [0.1, 0.15) is 6.61 Å². The molecule has 0 spiro atoms. The predicted octanol–water partition coefficient (Wildman–Crippen LogP) is 1.44. The first-order chi connectivity index (χ1) is 12.3. The van der Waals surface area contributed by atoms with Crippen molar-refractivity contribution in [3.05, 3.63) is 24.3 Å². The van der Waals surface area contributed by atoms with Crippen LogP contribution in [0.15, 0.2) is 24.3 Å². The van der Waals surface area contributed by atoms with Crippen LogP contribution in [0.25, 0.3) is 0 Å². The summed E-state index contributed by atoms with van der Waals surface area (Å²) in [6.07, 6.45) is 2.84. The Hall–Kier alpha value is -1.79. The summed E-state index contributed by atoms with van der Waals surface area (Å²) < 4.78 is 16.9. The quantitative estimate of drug-likeness (QED) is 0.894. The van der Waals surface area contributed by atoms with Crippen molar-refractivity contribution in [1.29, 1.82) is 0 Å². The molecule has 6 nitrogen and oxygen atoms in total. The van der Waals surface area contributed by atoms with Gasteiger partial charge < -0.3 is 19.5 Å². The van der Waals surface area contributed by atoms with E-state index in [-0.39, 0.29) is 12.5 Å². The van der Waals surface area contributed by atoms with Crippen molar-refractivity contribution in [2.24, 2.45) is 5.92 Å². The molecule has 2 fully saturated rings. The maximum Gasteiger partial charge on any atom is 0.264 e. The van der Waals surface area contributed by atoms with Crippen molar-refractivity contribution >= 4 is 5.91 Å². The summed E-state index contributed by atoms with van der Waals surface area (Å²) in [5.41, 5.74) is 0. The van der Waals surface area contributed by atoms with Crippen LogP contribution in [0.3, 0.4) is 0 Å².